The molecule has 0 spiro atoms. The Kier molecular flexibility index (Phi) is 4.93. The summed E-state index contributed by atoms with van der Waals surface area (Å²) in [6, 6.07) is 0. The minimum absolute atomic E-state index is 0.0255. The van der Waals surface area contributed by atoms with E-state index in [4.69, 9.17) is 9.47 Å². The van der Waals surface area contributed by atoms with E-state index in [9.17, 15) is 14.4 Å². The van der Waals surface area contributed by atoms with Crippen molar-refractivity contribution < 1.29 is 23.9 Å². The van der Waals surface area contributed by atoms with Gasteiger partial charge < -0.3 is 14.8 Å². The molecule has 0 aromatic rings. The van der Waals surface area contributed by atoms with Gasteiger partial charge in [-0.25, -0.2) is 0 Å². The van der Waals surface area contributed by atoms with Crippen LogP contribution < -0.4 is 5.32 Å². The third-order valence-electron chi connectivity index (χ3n) is 2.59. The molecular weight excluding hydrogens is 226 g/mol. The predicted octanol–water partition coefficient (Wildman–Crippen LogP) is -0.135. The van der Waals surface area contributed by atoms with Crippen molar-refractivity contribution >= 4 is 17.8 Å². The lowest BCUT2D eigenvalue weighted by Crippen LogP contribution is -2.47. The molecule has 0 saturated carbocycles. The molecule has 2 unspecified atom stereocenters. The monoisotopic (exact) mass is 243 g/mol. The zero-order valence-corrected chi connectivity index (χ0v) is 10.0. The van der Waals surface area contributed by atoms with Crippen molar-refractivity contribution in [2.45, 2.75) is 20.3 Å². The quantitative estimate of drug-likeness (QED) is 0.695. The maximum absolute atomic E-state index is 11.7. The average molecular weight is 243 g/mol. The lowest BCUT2D eigenvalue weighted by Gasteiger charge is -2.28. The molecule has 0 aromatic heterocycles. The first-order chi connectivity index (χ1) is 8.10. The van der Waals surface area contributed by atoms with Gasteiger partial charge >= 0.3 is 11.9 Å². The molecule has 17 heavy (non-hydrogen) atoms. The normalized spacial score (nSPS) is 23.8. The number of hydrogen-bond acceptors (Lipinski definition) is 5. The minimum atomic E-state index is -0.734. The minimum Gasteiger partial charge on any atom is -0.466 e. The van der Waals surface area contributed by atoms with Crippen LogP contribution in [0.2, 0.25) is 0 Å². The summed E-state index contributed by atoms with van der Waals surface area (Å²) < 4.78 is 9.74. The van der Waals surface area contributed by atoms with Crippen molar-refractivity contribution in [1.29, 1.82) is 0 Å². The molecule has 1 saturated heterocycles. The highest BCUT2D eigenvalue weighted by Gasteiger charge is 2.40. The summed E-state index contributed by atoms with van der Waals surface area (Å²) in [5.41, 5.74) is 0. The fourth-order valence-corrected chi connectivity index (χ4v) is 1.77. The Bertz CT molecular complexity index is 315. The molecule has 6 heteroatoms. The fourth-order valence-electron chi connectivity index (χ4n) is 1.77. The molecule has 0 radical (unpaired) electrons. The van der Waals surface area contributed by atoms with Crippen molar-refractivity contribution in [3.05, 3.63) is 0 Å². The molecule has 6 nitrogen and oxygen atoms in total. The summed E-state index contributed by atoms with van der Waals surface area (Å²) in [6.07, 6.45) is -0.0255. The second-order valence-electron chi connectivity index (χ2n) is 3.73. The van der Waals surface area contributed by atoms with Gasteiger partial charge in [0, 0.05) is 13.0 Å². The number of nitrogens with one attached hydrogen (secondary N) is 1. The van der Waals surface area contributed by atoms with E-state index >= 15 is 0 Å². The van der Waals surface area contributed by atoms with Crippen molar-refractivity contribution in [2.24, 2.45) is 11.8 Å². The molecule has 1 amide bonds. The van der Waals surface area contributed by atoms with Gasteiger partial charge in [0.15, 0.2) is 0 Å². The SMILES string of the molecule is CCOC(=O)C1CNC(=O)CC1C(=O)OCC. The Morgan fingerprint density at radius 1 is 1.18 bits per heavy atom. The molecule has 1 heterocycles. The number of esters is 2. The van der Waals surface area contributed by atoms with Crippen molar-refractivity contribution in [1.82, 2.24) is 5.32 Å². The highest BCUT2D eigenvalue weighted by atomic mass is 16.5. The van der Waals surface area contributed by atoms with Gasteiger partial charge in [-0.15, -0.1) is 0 Å². The molecule has 2 atom stereocenters. The second-order valence-corrected chi connectivity index (χ2v) is 3.73. The molecule has 0 aliphatic carbocycles. The van der Waals surface area contributed by atoms with Crippen LogP contribution in [-0.4, -0.2) is 37.6 Å². The highest BCUT2D eigenvalue weighted by Crippen LogP contribution is 2.22. The number of carbonyl (C=O) groups is 3. The molecular formula is C11H17NO5. The Morgan fingerprint density at radius 3 is 2.24 bits per heavy atom. The lowest BCUT2D eigenvalue weighted by atomic mass is 9.86. The summed E-state index contributed by atoms with van der Waals surface area (Å²) in [5.74, 6) is -2.61. The lowest BCUT2D eigenvalue weighted by molar-refractivity contribution is -0.163. The van der Waals surface area contributed by atoms with Crippen LogP contribution in [0.1, 0.15) is 20.3 Å². The third kappa shape index (κ3) is 3.44. The second kappa shape index (κ2) is 6.22. The Morgan fingerprint density at radius 2 is 1.71 bits per heavy atom. The van der Waals surface area contributed by atoms with Crippen LogP contribution in [0.4, 0.5) is 0 Å². The van der Waals surface area contributed by atoms with E-state index in [0.717, 1.165) is 0 Å². The zero-order chi connectivity index (χ0) is 12.8. The van der Waals surface area contributed by atoms with Gasteiger partial charge in [-0.05, 0) is 13.8 Å². The molecule has 1 fully saturated rings. The van der Waals surface area contributed by atoms with Gasteiger partial charge in [0.25, 0.3) is 0 Å². The molecule has 1 aliphatic rings. The first kappa shape index (κ1) is 13.5. The smallest absolute Gasteiger partial charge is 0.311 e. The van der Waals surface area contributed by atoms with Gasteiger partial charge in [-0.3, -0.25) is 14.4 Å². The summed E-state index contributed by atoms with van der Waals surface area (Å²) in [7, 11) is 0. The topological polar surface area (TPSA) is 81.7 Å². The van der Waals surface area contributed by atoms with Crippen LogP contribution >= 0.6 is 0 Å². The highest BCUT2D eigenvalue weighted by molar-refractivity contribution is 5.89. The van der Waals surface area contributed by atoms with E-state index in [-0.39, 0.29) is 32.1 Å². The van der Waals surface area contributed by atoms with Crippen LogP contribution in [0.25, 0.3) is 0 Å². The summed E-state index contributed by atoms with van der Waals surface area (Å²) in [6.45, 7) is 3.98. The Labute approximate surface area is 99.6 Å². The third-order valence-corrected chi connectivity index (χ3v) is 2.59. The largest absolute Gasteiger partial charge is 0.466 e. The number of piperidine rings is 1. The Balaban J connectivity index is 2.74. The van der Waals surface area contributed by atoms with Crippen LogP contribution in [0.15, 0.2) is 0 Å². The number of carbonyl (C=O) groups excluding carboxylic acids is 3. The standard InChI is InChI=1S/C11H17NO5/c1-3-16-10(14)7-5-9(13)12-6-8(7)11(15)17-4-2/h7-8H,3-6H2,1-2H3,(H,12,13). The fraction of sp³-hybridized carbons (Fsp3) is 0.727. The number of amides is 1. The molecule has 1 aliphatic heterocycles. The van der Waals surface area contributed by atoms with E-state index < -0.39 is 23.8 Å². The van der Waals surface area contributed by atoms with Crippen molar-refractivity contribution in [3.8, 4) is 0 Å². The van der Waals surface area contributed by atoms with Crippen LogP contribution in [0.5, 0.6) is 0 Å². The van der Waals surface area contributed by atoms with Gasteiger partial charge in [-0.2, -0.15) is 0 Å². The zero-order valence-electron chi connectivity index (χ0n) is 10.0. The molecule has 1 rings (SSSR count). The van der Waals surface area contributed by atoms with Crippen LogP contribution in [-0.2, 0) is 23.9 Å². The Hall–Kier alpha value is -1.59. The van der Waals surface area contributed by atoms with Crippen LogP contribution in [0.3, 0.4) is 0 Å². The van der Waals surface area contributed by atoms with E-state index in [1.54, 1.807) is 13.8 Å². The maximum Gasteiger partial charge on any atom is 0.311 e. The van der Waals surface area contributed by atoms with E-state index in [2.05, 4.69) is 5.32 Å². The molecule has 1 N–H and O–H groups in total. The van der Waals surface area contributed by atoms with E-state index in [1.807, 2.05) is 0 Å². The van der Waals surface area contributed by atoms with Crippen molar-refractivity contribution in [2.75, 3.05) is 19.8 Å². The molecule has 96 valence electrons. The number of ether oxygens (including phenoxy) is 2. The van der Waals surface area contributed by atoms with Gasteiger partial charge in [0.05, 0.1) is 25.0 Å². The molecule has 0 aromatic carbocycles. The summed E-state index contributed by atoms with van der Waals surface area (Å²) in [5, 5.41) is 2.55. The van der Waals surface area contributed by atoms with Gasteiger partial charge in [0.2, 0.25) is 5.91 Å². The number of rotatable bonds is 4. The first-order valence-electron chi connectivity index (χ1n) is 5.70. The first-order valence-corrected chi connectivity index (χ1v) is 5.70. The predicted molar refractivity (Wildman–Crippen MR) is 57.9 cm³/mol. The average Bonchev–Trinajstić information content (AvgIpc) is 2.29. The van der Waals surface area contributed by atoms with E-state index in [1.165, 1.54) is 0 Å². The van der Waals surface area contributed by atoms with Gasteiger partial charge in [-0.1, -0.05) is 0 Å². The van der Waals surface area contributed by atoms with Gasteiger partial charge in [0.1, 0.15) is 0 Å². The van der Waals surface area contributed by atoms with Crippen LogP contribution in [0, 0.1) is 11.8 Å². The van der Waals surface area contributed by atoms with Crippen molar-refractivity contribution in [3.63, 3.8) is 0 Å². The number of hydrogen-bond donors (Lipinski definition) is 1. The maximum atomic E-state index is 11.7. The summed E-state index contributed by atoms with van der Waals surface area (Å²) >= 11 is 0. The molecule has 0 bridgehead atoms. The summed E-state index contributed by atoms with van der Waals surface area (Å²) in [4.78, 5) is 34.5. The van der Waals surface area contributed by atoms with E-state index in [0.29, 0.717) is 0 Å².